The average Bonchev–Trinajstić information content (AvgIpc) is 2.49. The lowest BCUT2D eigenvalue weighted by Crippen LogP contribution is -2.05. The Bertz CT molecular complexity index is 455. The molecule has 14 heavy (non-hydrogen) atoms. The van der Waals surface area contributed by atoms with Gasteiger partial charge < -0.3 is 4.57 Å². The summed E-state index contributed by atoms with van der Waals surface area (Å²) >= 11 is 5.75. The molecule has 0 bridgehead atoms. The molecular formula is C8H6ClF2N3. The van der Waals surface area contributed by atoms with Gasteiger partial charge in [0, 0.05) is 6.20 Å². The van der Waals surface area contributed by atoms with Crippen molar-refractivity contribution in [2.24, 2.45) is 0 Å². The molecule has 0 saturated heterocycles. The molecule has 0 radical (unpaired) electrons. The fraction of sp³-hybridized carbons (Fsp3) is 0.250. The summed E-state index contributed by atoms with van der Waals surface area (Å²) in [7, 11) is 0. The first-order valence-corrected chi connectivity index (χ1v) is 4.30. The summed E-state index contributed by atoms with van der Waals surface area (Å²) in [5, 5.41) is 0.873. The van der Waals surface area contributed by atoms with Crippen molar-refractivity contribution in [1.82, 2.24) is 14.5 Å². The summed E-state index contributed by atoms with van der Waals surface area (Å²) in [6, 6.07) is 1.63. The summed E-state index contributed by atoms with van der Waals surface area (Å²) in [4.78, 5) is 7.64. The highest BCUT2D eigenvalue weighted by Crippen LogP contribution is 2.20. The van der Waals surface area contributed by atoms with Crippen molar-refractivity contribution in [3.63, 3.8) is 0 Å². The minimum atomic E-state index is -2.40. The van der Waals surface area contributed by atoms with Crippen LogP contribution in [0.2, 0.25) is 5.15 Å². The average molecular weight is 218 g/mol. The zero-order chi connectivity index (χ0) is 10.1. The molecule has 0 amide bonds. The van der Waals surface area contributed by atoms with Crippen LogP contribution in [0.15, 0.2) is 18.6 Å². The molecule has 0 spiro atoms. The molecule has 0 unspecified atom stereocenters. The van der Waals surface area contributed by atoms with Crippen LogP contribution in [0.5, 0.6) is 0 Å². The highest BCUT2D eigenvalue weighted by Gasteiger charge is 2.09. The van der Waals surface area contributed by atoms with Gasteiger partial charge >= 0.3 is 0 Å². The van der Waals surface area contributed by atoms with Gasteiger partial charge in [0.15, 0.2) is 0 Å². The SMILES string of the molecule is FC(F)Cn1ccc2c(Cl)ncnc21. The first kappa shape index (κ1) is 9.33. The second-order valence-electron chi connectivity index (χ2n) is 2.76. The number of hydrogen-bond donors (Lipinski definition) is 0. The zero-order valence-electron chi connectivity index (χ0n) is 6.99. The first-order chi connectivity index (χ1) is 6.68. The van der Waals surface area contributed by atoms with Crippen molar-refractivity contribution < 1.29 is 8.78 Å². The largest absolute Gasteiger partial charge is 0.327 e. The fourth-order valence-corrected chi connectivity index (χ4v) is 1.46. The fourth-order valence-electron chi connectivity index (χ4n) is 1.27. The van der Waals surface area contributed by atoms with Crippen LogP contribution in [-0.4, -0.2) is 21.0 Å². The maximum absolute atomic E-state index is 12.1. The van der Waals surface area contributed by atoms with Gasteiger partial charge in [-0.1, -0.05) is 11.6 Å². The van der Waals surface area contributed by atoms with Gasteiger partial charge in [0.05, 0.1) is 11.9 Å². The number of nitrogens with zero attached hydrogens (tertiary/aromatic N) is 3. The molecule has 0 aliphatic rings. The first-order valence-electron chi connectivity index (χ1n) is 3.92. The molecule has 2 heterocycles. The Morgan fingerprint density at radius 3 is 2.93 bits per heavy atom. The number of rotatable bonds is 2. The van der Waals surface area contributed by atoms with E-state index in [0.29, 0.717) is 11.0 Å². The van der Waals surface area contributed by atoms with Crippen molar-refractivity contribution >= 4 is 22.6 Å². The van der Waals surface area contributed by atoms with Crippen LogP contribution in [0.3, 0.4) is 0 Å². The van der Waals surface area contributed by atoms with E-state index in [1.807, 2.05) is 0 Å². The van der Waals surface area contributed by atoms with E-state index in [1.165, 1.54) is 17.1 Å². The summed E-state index contributed by atoms with van der Waals surface area (Å²) in [6.45, 7) is -0.378. The van der Waals surface area contributed by atoms with E-state index in [0.717, 1.165) is 0 Å². The molecule has 2 rings (SSSR count). The standard InChI is InChI=1S/C8H6ClF2N3/c9-7-5-1-2-14(3-6(10)11)8(5)13-4-12-7/h1-2,4,6H,3H2. The molecule has 0 aliphatic heterocycles. The molecule has 2 aromatic heterocycles. The molecule has 2 aromatic rings. The maximum atomic E-state index is 12.1. The number of hydrogen-bond acceptors (Lipinski definition) is 2. The van der Waals surface area contributed by atoms with Gasteiger partial charge in [-0.3, -0.25) is 0 Å². The molecule has 0 fully saturated rings. The van der Waals surface area contributed by atoms with Gasteiger partial charge in [-0.15, -0.1) is 0 Å². The number of fused-ring (bicyclic) bond motifs is 1. The summed E-state index contributed by atoms with van der Waals surface area (Å²) in [5.41, 5.74) is 0.435. The Morgan fingerprint density at radius 1 is 1.43 bits per heavy atom. The molecule has 3 nitrogen and oxygen atoms in total. The Hall–Kier alpha value is -1.23. The zero-order valence-corrected chi connectivity index (χ0v) is 7.75. The normalized spacial score (nSPS) is 11.4. The molecule has 0 N–H and O–H groups in total. The molecular weight excluding hydrogens is 212 g/mol. The Balaban J connectivity index is 2.52. The van der Waals surface area contributed by atoms with Crippen molar-refractivity contribution in [3.8, 4) is 0 Å². The Kier molecular flexibility index (Phi) is 2.33. The topological polar surface area (TPSA) is 30.7 Å². The van der Waals surface area contributed by atoms with Crippen molar-refractivity contribution in [2.45, 2.75) is 13.0 Å². The van der Waals surface area contributed by atoms with Crippen LogP contribution in [0, 0.1) is 0 Å². The second-order valence-corrected chi connectivity index (χ2v) is 3.12. The molecule has 74 valence electrons. The van der Waals surface area contributed by atoms with Gasteiger partial charge in [0.25, 0.3) is 6.43 Å². The highest BCUT2D eigenvalue weighted by atomic mass is 35.5. The van der Waals surface area contributed by atoms with Crippen LogP contribution >= 0.6 is 11.6 Å². The van der Waals surface area contributed by atoms with E-state index in [9.17, 15) is 8.78 Å². The number of halogens is 3. The highest BCUT2D eigenvalue weighted by molar-refractivity contribution is 6.33. The van der Waals surface area contributed by atoms with Crippen molar-refractivity contribution in [1.29, 1.82) is 0 Å². The lowest BCUT2D eigenvalue weighted by atomic mass is 10.4. The predicted octanol–water partition coefficient (Wildman–Crippen LogP) is 2.35. The third kappa shape index (κ3) is 1.55. The molecule has 0 aromatic carbocycles. The molecule has 0 atom stereocenters. The van der Waals surface area contributed by atoms with Crippen LogP contribution in [0.25, 0.3) is 11.0 Å². The van der Waals surface area contributed by atoms with Gasteiger partial charge in [-0.05, 0) is 6.07 Å². The summed E-state index contributed by atoms with van der Waals surface area (Å²) in [5.74, 6) is 0. The second kappa shape index (κ2) is 3.49. The van der Waals surface area contributed by atoms with Gasteiger partial charge in [-0.2, -0.15) is 0 Å². The van der Waals surface area contributed by atoms with Crippen LogP contribution in [0.4, 0.5) is 8.78 Å². The quantitative estimate of drug-likeness (QED) is 0.723. The van der Waals surface area contributed by atoms with Gasteiger partial charge in [-0.25, -0.2) is 18.7 Å². The lowest BCUT2D eigenvalue weighted by molar-refractivity contribution is 0.128. The van der Waals surface area contributed by atoms with Crippen molar-refractivity contribution in [2.75, 3.05) is 0 Å². The van der Waals surface area contributed by atoms with E-state index in [2.05, 4.69) is 9.97 Å². The number of aromatic nitrogens is 3. The Labute approximate surface area is 83.3 Å². The van der Waals surface area contributed by atoms with Gasteiger partial charge in [0.2, 0.25) is 0 Å². The maximum Gasteiger partial charge on any atom is 0.256 e. The smallest absolute Gasteiger partial charge is 0.256 e. The van der Waals surface area contributed by atoms with Crippen LogP contribution < -0.4 is 0 Å². The van der Waals surface area contributed by atoms with E-state index in [4.69, 9.17) is 11.6 Å². The molecule has 6 heteroatoms. The number of alkyl halides is 2. The van der Waals surface area contributed by atoms with E-state index in [-0.39, 0.29) is 11.7 Å². The molecule has 0 aliphatic carbocycles. The summed E-state index contributed by atoms with van der Waals surface area (Å²) < 4.78 is 25.6. The van der Waals surface area contributed by atoms with Gasteiger partial charge in [0.1, 0.15) is 17.1 Å². The Morgan fingerprint density at radius 2 is 2.21 bits per heavy atom. The van der Waals surface area contributed by atoms with E-state index >= 15 is 0 Å². The van der Waals surface area contributed by atoms with Crippen LogP contribution in [0.1, 0.15) is 0 Å². The van der Waals surface area contributed by atoms with Crippen molar-refractivity contribution in [3.05, 3.63) is 23.7 Å². The van der Waals surface area contributed by atoms with E-state index < -0.39 is 6.43 Å². The third-order valence-corrected chi connectivity index (χ3v) is 2.14. The minimum absolute atomic E-state index is 0.281. The lowest BCUT2D eigenvalue weighted by Gasteiger charge is -2.02. The van der Waals surface area contributed by atoms with E-state index in [1.54, 1.807) is 6.07 Å². The van der Waals surface area contributed by atoms with Crippen LogP contribution in [-0.2, 0) is 6.54 Å². The monoisotopic (exact) mass is 217 g/mol. The predicted molar refractivity (Wildman–Crippen MR) is 48.5 cm³/mol. The minimum Gasteiger partial charge on any atom is -0.327 e. The molecule has 0 saturated carbocycles. The summed E-state index contributed by atoms with van der Waals surface area (Å²) in [6.07, 6.45) is 0.378. The third-order valence-electron chi connectivity index (χ3n) is 1.84.